The highest BCUT2D eigenvalue weighted by Gasteiger charge is 2.45. The molecule has 0 spiro atoms. The van der Waals surface area contributed by atoms with Gasteiger partial charge in [-0.05, 0) is 43.5 Å². The number of alkyl halides is 3. The van der Waals surface area contributed by atoms with Gasteiger partial charge in [-0.3, -0.25) is 0 Å². The summed E-state index contributed by atoms with van der Waals surface area (Å²) in [5, 5.41) is 0. The van der Waals surface area contributed by atoms with Gasteiger partial charge >= 0.3 is 12.3 Å². The van der Waals surface area contributed by atoms with E-state index in [1.165, 1.54) is 11.0 Å². The van der Waals surface area contributed by atoms with E-state index in [2.05, 4.69) is 6.58 Å². The average Bonchev–Trinajstić information content (AvgIpc) is 2.96. The maximum Gasteiger partial charge on any atom is 0.416 e. The monoisotopic (exact) mass is 369 g/mol. The molecular formula is C19H22F3NO3. The van der Waals surface area contributed by atoms with Crippen LogP contribution in [0.3, 0.4) is 0 Å². The summed E-state index contributed by atoms with van der Waals surface area (Å²) in [5.41, 5.74) is -0.192. The second-order valence-corrected chi connectivity index (χ2v) is 7.68. The maximum atomic E-state index is 13.5. The summed E-state index contributed by atoms with van der Waals surface area (Å²) in [6, 6.07) is 2.81. The lowest BCUT2D eigenvalue weighted by atomic mass is 9.85. The summed E-state index contributed by atoms with van der Waals surface area (Å²) in [7, 11) is 0. The standard InChI is InChI=1S/C19H22F3NO3/c1-5-11-6-12-13-8-23(17(24)26-18(2,3)4)9-16(13)25-10-14(12)15(7-11)19(20,21)22/h5-7,13,16H,1,8-10H2,2-4H3/t13-,16-/m0/s1. The SMILES string of the molecule is C=Cc1cc2c(c(C(F)(F)F)c1)CO[C@H]1CN(C(=O)OC(C)(C)C)C[C@@H]21. The first-order valence-electron chi connectivity index (χ1n) is 8.45. The molecular weight excluding hydrogens is 347 g/mol. The highest BCUT2D eigenvalue weighted by Crippen LogP contribution is 2.43. The van der Waals surface area contributed by atoms with Crippen molar-refractivity contribution in [3.63, 3.8) is 0 Å². The average molecular weight is 369 g/mol. The van der Waals surface area contributed by atoms with Crippen LogP contribution in [0.2, 0.25) is 0 Å². The number of carbonyl (C=O) groups is 1. The highest BCUT2D eigenvalue weighted by atomic mass is 19.4. The number of hydrogen-bond acceptors (Lipinski definition) is 3. The minimum Gasteiger partial charge on any atom is -0.444 e. The summed E-state index contributed by atoms with van der Waals surface area (Å²) in [6.07, 6.45) is -3.88. The number of carbonyl (C=O) groups excluding carboxylic acids is 1. The van der Waals surface area contributed by atoms with E-state index in [0.717, 1.165) is 6.07 Å². The number of ether oxygens (including phenoxy) is 2. The Bertz CT molecular complexity index is 737. The number of amides is 1. The van der Waals surface area contributed by atoms with Crippen molar-refractivity contribution >= 4 is 12.2 Å². The summed E-state index contributed by atoms with van der Waals surface area (Å²) in [5.74, 6) is -0.313. The van der Waals surface area contributed by atoms with Crippen molar-refractivity contribution in [1.82, 2.24) is 4.90 Å². The molecule has 26 heavy (non-hydrogen) atoms. The van der Waals surface area contributed by atoms with Crippen molar-refractivity contribution in [2.75, 3.05) is 13.1 Å². The summed E-state index contributed by atoms with van der Waals surface area (Å²) in [6.45, 7) is 9.35. The molecule has 2 atom stereocenters. The Kier molecular flexibility index (Phi) is 4.55. The Morgan fingerprint density at radius 1 is 1.31 bits per heavy atom. The van der Waals surface area contributed by atoms with Crippen LogP contribution >= 0.6 is 0 Å². The smallest absolute Gasteiger partial charge is 0.416 e. The second kappa shape index (κ2) is 6.30. The van der Waals surface area contributed by atoms with E-state index in [9.17, 15) is 18.0 Å². The third-order valence-electron chi connectivity index (χ3n) is 4.61. The van der Waals surface area contributed by atoms with Crippen molar-refractivity contribution in [3.05, 3.63) is 41.0 Å². The number of benzene rings is 1. The van der Waals surface area contributed by atoms with Crippen LogP contribution in [-0.4, -0.2) is 35.8 Å². The Labute approximate surface area is 150 Å². The molecule has 4 nitrogen and oxygen atoms in total. The molecule has 0 unspecified atom stereocenters. The molecule has 3 rings (SSSR count). The molecule has 7 heteroatoms. The van der Waals surface area contributed by atoms with Crippen LogP contribution in [0.25, 0.3) is 6.08 Å². The molecule has 2 aliphatic rings. The number of fused-ring (bicyclic) bond motifs is 3. The quantitative estimate of drug-likeness (QED) is 0.727. The Morgan fingerprint density at radius 3 is 2.58 bits per heavy atom. The molecule has 2 heterocycles. The third kappa shape index (κ3) is 3.58. The molecule has 2 aliphatic heterocycles. The molecule has 142 valence electrons. The van der Waals surface area contributed by atoms with Crippen molar-refractivity contribution in [2.45, 2.75) is 51.2 Å². The van der Waals surface area contributed by atoms with E-state index in [4.69, 9.17) is 9.47 Å². The summed E-state index contributed by atoms with van der Waals surface area (Å²) >= 11 is 0. The lowest BCUT2D eigenvalue weighted by molar-refractivity contribution is -0.139. The van der Waals surface area contributed by atoms with Crippen LogP contribution in [0.15, 0.2) is 18.7 Å². The molecule has 0 saturated carbocycles. The third-order valence-corrected chi connectivity index (χ3v) is 4.61. The fraction of sp³-hybridized carbons (Fsp3) is 0.526. The number of rotatable bonds is 1. The van der Waals surface area contributed by atoms with Crippen LogP contribution in [0.1, 0.15) is 48.9 Å². The molecule has 1 aromatic carbocycles. The normalized spacial score (nSPS) is 22.6. The topological polar surface area (TPSA) is 38.8 Å². The van der Waals surface area contributed by atoms with Crippen molar-refractivity contribution in [3.8, 4) is 0 Å². The number of hydrogen-bond donors (Lipinski definition) is 0. The molecule has 1 amide bonds. The van der Waals surface area contributed by atoms with E-state index in [-0.39, 0.29) is 30.7 Å². The minimum absolute atomic E-state index is 0.120. The van der Waals surface area contributed by atoms with Gasteiger partial charge in [0, 0.05) is 12.5 Å². The predicted molar refractivity (Wildman–Crippen MR) is 90.7 cm³/mol. The Morgan fingerprint density at radius 2 is 2.00 bits per heavy atom. The summed E-state index contributed by atoms with van der Waals surface area (Å²) in [4.78, 5) is 13.8. The van der Waals surface area contributed by atoms with Crippen LogP contribution in [0.5, 0.6) is 0 Å². The molecule has 0 bridgehead atoms. The van der Waals surface area contributed by atoms with Crippen LogP contribution < -0.4 is 0 Å². The molecule has 1 fully saturated rings. The molecule has 0 N–H and O–H groups in total. The zero-order valence-electron chi connectivity index (χ0n) is 15.0. The Hall–Kier alpha value is -2.02. The predicted octanol–water partition coefficient (Wildman–Crippen LogP) is 4.58. The lowest BCUT2D eigenvalue weighted by Crippen LogP contribution is -2.36. The molecule has 0 radical (unpaired) electrons. The van der Waals surface area contributed by atoms with Gasteiger partial charge in [0.15, 0.2) is 0 Å². The highest BCUT2D eigenvalue weighted by molar-refractivity contribution is 5.69. The Balaban J connectivity index is 1.94. The van der Waals surface area contributed by atoms with Crippen molar-refractivity contribution in [1.29, 1.82) is 0 Å². The number of nitrogens with zero attached hydrogens (tertiary/aromatic N) is 1. The zero-order chi connectivity index (χ0) is 19.3. The van der Waals surface area contributed by atoms with Crippen LogP contribution in [0.4, 0.5) is 18.0 Å². The van der Waals surface area contributed by atoms with Gasteiger partial charge in [-0.15, -0.1) is 0 Å². The first kappa shape index (κ1) is 18.8. The molecule has 1 saturated heterocycles. The fourth-order valence-electron chi connectivity index (χ4n) is 3.49. The van der Waals surface area contributed by atoms with Crippen LogP contribution in [-0.2, 0) is 22.3 Å². The summed E-state index contributed by atoms with van der Waals surface area (Å²) < 4.78 is 51.4. The lowest BCUT2D eigenvalue weighted by Gasteiger charge is -2.30. The van der Waals surface area contributed by atoms with Crippen LogP contribution in [0, 0.1) is 0 Å². The minimum atomic E-state index is -4.47. The van der Waals surface area contributed by atoms with Crippen molar-refractivity contribution < 1.29 is 27.4 Å². The maximum absolute atomic E-state index is 13.5. The van der Waals surface area contributed by atoms with Gasteiger partial charge in [0.25, 0.3) is 0 Å². The molecule has 0 aliphatic carbocycles. The zero-order valence-corrected chi connectivity index (χ0v) is 15.0. The van der Waals surface area contributed by atoms with Crippen molar-refractivity contribution in [2.24, 2.45) is 0 Å². The van der Waals surface area contributed by atoms with E-state index < -0.39 is 23.4 Å². The molecule has 1 aromatic rings. The fourth-order valence-corrected chi connectivity index (χ4v) is 3.49. The van der Waals surface area contributed by atoms with E-state index >= 15 is 0 Å². The second-order valence-electron chi connectivity index (χ2n) is 7.68. The van der Waals surface area contributed by atoms with Gasteiger partial charge in [-0.1, -0.05) is 18.7 Å². The van der Waals surface area contributed by atoms with E-state index in [0.29, 0.717) is 17.7 Å². The van der Waals surface area contributed by atoms with Gasteiger partial charge in [0.1, 0.15) is 5.60 Å². The van der Waals surface area contributed by atoms with E-state index in [1.54, 1.807) is 26.8 Å². The first-order valence-corrected chi connectivity index (χ1v) is 8.45. The van der Waals surface area contributed by atoms with Gasteiger partial charge in [0.2, 0.25) is 0 Å². The first-order chi connectivity index (χ1) is 12.0. The molecule has 0 aromatic heterocycles. The largest absolute Gasteiger partial charge is 0.444 e. The van der Waals surface area contributed by atoms with E-state index in [1.807, 2.05) is 0 Å². The van der Waals surface area contributed by atoms with Gasteiger partial charge in [-0.2, -0.15) is 13.2 Å². The number of likely N-dealkylation sites (tertiary alicyclic amines) is 1. The van der Waals surface area contributed by atoms with Gasteiger partial charge < -0.3 is 14.4 Å². The van der Waals surface area contributed by atoms with Gasteiger partial charge in [0.05, 0.1) is 24.8 Å². The number of halogens is 3. The van der Waals surface area contributed by atoms with Gasteiger partial charge in [-0.25, -0.2) is 4.79 Å².